The molecule has 8 heteroatoms. The van der Waals surface area contributed by atoms with Crippen molar-refractivity contribution >= 4 is 17.4 Å². The Labute approximate surface area is 154 Å². The Bertz CT molecular complexity index is 1050. The highest BCUT2D eigenvalue weighted by Gasteiger charge is 2.31. The highest BCUT2D eigenvalue weighted by Crippen LogP contribution is 2.31. The third-order valence-electron chi connectivity index (χ3n) is 5.13. The summed E-state index contributed by atoms with van der Waals surface area (Å²) in [4.78, 5) is 19.3. The van der Waals surface area contributed by atoms with Gasteiger partial charge in [-0.05, 0) is 31.2 Å². The van der Waals surface area contributed by atoms with Crippen LogP contribution in [0.4, 0.5) is 10.2 Å². The first-order chi connectivity index (χ1) is 13.1. The molecule has 1 N–H and O–H groups in total. The van der Waals surface area contributed by atoms with Crippen molar-refractivity contribution < 1.29 is 13.9 Å². The summed E-state index contributed by atoms with van der Waals surface area (Å²) >= 11 is 0. The lowest BCUT2D eigenvalue weighted by Gasteiger charge is -2.21. The number of hydrogen-bond acceptors (Lipinski definition) is 5. The average Bonchev–Trinajstić information content (AvgIpc) is 3.28. The van der Waals surface area contributed by atoms with Gasteiger partial charge in [-0.3, -0.25) is 4.79 Å². The molecule has 27 heavy (non-hydrogen) atoms. The molecule has 1 saturated heterocycles. The highest BCUT2D eigenvalue weighted by molar-refractivity contribution is 6.00. The van der Waals surface area contributed by atoms with Crippen molar-refractivity contribution in [3.05, 3.63) is 53.6 Å². The second-order valence-electron chi connectivity index (χ2n) is 6.97. The Kier molecular flexibility index (Phi) is 3.53. The van der Waals surface area contributed by atoms with Crippen LogP contribution < -0.4 is 10.1 Å². The molecule has 1 aromatic carbocycles. The predicted molar refractivity (Wildman–Crippen MR) is 96.4 cm³/mol. The van der Waals surface area contributed by atoms with Crippen LogP contribution in [-0.4, -0.2) is 44.6 Å². The molecule has 1 fully saturated rings. The molecule has 2 aromatic heterocycles. The minimum Gasteiger partial charge on any atom is -0.488 e. The van der Waals surface area contributed by atoms with E-state index in [2.05, 4.69) is 15.4 Å². The lowest BCUT2D eigenvalue weighted by molar-refractivity contribution is 0.0774. The van der Waals surface area contributed by atoms with E-state index in [4.69, 9.17) is 4.74 Å². The summed E-state index contributed by atoms with van der Waals surface area (Å²) < 4.78 is 21.6. The number of ether oxygens (including phenoxy) is 1. The maximum atomic E-state index is 13.9. The number of halogens is 1. The number of hydrogen-bond donors (Lipinski definition) is 1. The molecular formula is C19H18FN5O2. The standard InChI is InChI=1S/C19H18FN5O2/c1-11-14-8-12(20)2-3-16(14)27-13-4-6-24(10-13)19(26)15-9-21-25-7-5-17(22-11)23-18(15)25/h2-3,5,7-9,11,13H,4,6,10H2,1H3,(H,22,23)/t11-,13?/m1/s1. The molecule has 1 amide bonds. The van der Waals surface area contributed by atoms with Crippen LogP contribution in [0.1, 0.15) is 35.3 Å². The van der Waals surface area contributed by atoms with Crippen LogP contribution in [0.2, 0.25) is 0 Å². The fraction of sp³-hybridized carbons (Fsp3) is 0.316. The first-order valence-corrected chi connectivity index (χ1v) is 8.95. The van der Waals surface area contributed by atoms with Crippen LogP contribution in [0, 0.1) is 5.82 Å². The van der Waals surface area contributed by atoms with Crippen molar-refractivity contribution in [3.63, 3.8) is 0 Å². The van der Waals surface area contributed by atoms with E-state index < -0.39 is 0 Å². The molecule has 4 bridgehead atoms. The van der Waals surface area contributed by atoms with Crippen molar-refractivity contribution in [1.29, 1.82) is 0 Å². The van der Waals surface area contributed by atoms with Crippen LogP contribution in [0.3, 0.4) is 0 Å². The second-order valence-corrected chi connectivity index (χ2v) is 6.97. The van der Waals surface area contributed by atoms with Crippen molar-refractivity contribution in [2.45, 2.75) is 25.5 Å². The molecule has 3 aromatic rings. The Morgan fingerprint density at radius 3 is 3.11 bits per heavy atom. The monoisotopic (exact) mass is 367 g/mol. The number of nitrogens with zero attached hydrogens (tertiary/aromatic N) is 4. The largest absolute Gasteiger partial charge is 0.488 e. The van der Waals surface area contributed by atoms with Gasteiger partial charge in [-0.15, -0.1) is 0 Å². The van der Waals surface area contributed by atoms with Gasteiger partial charge in [-0.2, -0.15) is 5.10 Å². The molecule has 0 spiro atoms. The third-order valence-corrected chi connectivity index (χ3v) is 5.13. The van der Waals surface area contributed by atoms with Crippen molar-refractivity contribution in [3.8, 4) is 5.75 Å². The zero-order chi connectivity index (χ0) is 18.5. The lowest BCUT2D eigenvalue weighted by Crippen LogP contribution is -2.31. The van der Waals surface area contributed by atoms with Crippen LogP contribution in [0.25, 0.3) is 5.65 Å². The summed E-state index contributed by atoms with van der Waals surface area (Å²) in [5, 5.41) is 7.50. The van der Waals surface area contributed by atoms with Crippen molar-refractivity contribution in [1.82, 2.24) is 19.5 Å². The van der Waals surface area contributed by atoms with E-state index in [1.54, 1.807) is 33.9 Å². The predicted octanol–water partition coefficient (Wildman–Crippen LogP) is 2.65. The number of rotatable bonds is 0. The summed E-state index contributed by atoms with van der Waals surface area (Å²) in [6.45, 7) is 3.01. The minimum atomic E-state index is -0.319. The van der Waals surface area contributed by atoms with Gasteiger partial charge in [0.05, 0.1) is 18.8 Å². The van der Waals surface area contributed by atoms with E-state index in [1.165, 1.54) is 12.1 Å². The average molecular weight is 367 g/mol. The van der Waals surface area contributed by atoms with Crippen LogP contribution in [-0.2, 0) is 0 Å². The highest BCUT2D eigenvalue weighted by atomic mass is 19.1. The molecule has 7 nitrogen and oxygen atoms in total. The van der Waals surface area contributed by atoms with Crippen molar-refractivity contribution in [2.24, 2.45) is 0 Å². The molecule has 2 aliphatic rings. The number of benzene rings is 1. The van der Waals surface area contributed by atoms with Crippen LogP contribution in [0.15, 0.2) is 36.7 Å². The van der Waals surface area contributed by atoms with Gasteiger partial charge in [-0.1, -0.05) is 0 Å². The fourth-order valence-electron chi connectivity index (χ4n) is 3.72. The van der Waals surface area contributed by atoms with E-state index in [9.17, 15) is 9.18 Å². The molecule has 0 saturated carbocycles. The number of amides is 1. The molecule has 0 aliphatic carbocycles. The van der Waals surface area contributed by atoms with Gasteiger partial charge < -0.3 is 15.0 Å². The molecule has 1 unspecified atom stereocenters. The molecule has 0 radical (unpaired) electrons. The SMILES string of the molecule is C[C@H]1Nc2ccn3ncc(c3n2)C(=O)N2CCC(C2)Oc2ccc(F)cc21. The minimum absolute atomic E-state index is 0.104. The maximum Gasteiger partial charge on any atom is 0.259 e. The maximum absolute atomic E-state index is 13.9. The van der Waals surface area contributed by atoms with Gasteiger partial charge in [0.15, 0.2) is 5.65 Å². The van der Waals surface area contributed by atoms with E-state index in [-0.39, 0.29) is 23.9 Å². The Morgan fingerprint density at radius 1 is 1.33 bits per heavy atom. The van der Waals surface area contributed by atoms with Crippen molar-refractivity contribution in [2.75, 3.05) is 18.4 Å². The summed E-state index contributed by atoms with van der Waals surface area (Å²) in [6, 6.07) is 6.07. The molecular weight excluding hydrogens is 349 g/mol. The number of aromatic nitrogens is 3. The number of nitrogens with one attached hydrogen (secondary N) is 1. The quantitative estimate of drug-likeness (QED) is 0.661. The number of fused-ring (bicyclic) bond motifs is 4. The Morgan fingerprint density at radius 2 is 2.22 bits per heavy atom. The van der Waals surface area contributed by atoms with Gasteiger partial charge in [-0.25, -0.2) is 13.9 Å². The summed E-state index contributed by atoms with van der Waals surface area (Å²) in [7, 11) is 0. The molecule has 5 rings (SSSR count). The third kappa shape index (κ3) is 2.68. The van der Waals surface area contributed by atoms with Gasteiger partial charge >= 0.3 is 0 Å². The first kappa shape index (κ1) is 16.0. The first-order valence-electron chi connectivity index (χ1n) is 8.95. The lowest BCUT2D eigenvalue weighted by atomic mass is 10.1. The zero-order valence-electron chi connectivity index (χ0n) is 14.7. The smallest absolute Gasteiger partial charge is 0.259 e. The fourth-order valence-corrected chi connectivity index (χ4v) is 3.72. The number of carbonyl (C=O) groups excluding carboxylic acids is 1. The van der Waals surface area contributed by atoms with Gasteiger partial charge in [0, 0.05) is 24.7 Å². The molecule has 138 valence electrons. The van der Waals surface area contributed by atoms with E-state index >= 15 is 0 Å². The second kappa shape index (κ2) is 5.94. The van der Waals surface area contributed by atoms with Crippen LogP contribution in [0.5, 0.6) is 5.75 Å². The molecule has 2 aliphatic heterocycles. The Balaban J connectivity index is 1.66. The van der Waals surface area contributed by atoms with Crippen LogP contribution >= 0.6 is 0 Å². The summed E-state index contributed by atoms with van der Waals surface area (Å²) in [5.41, 5.74) is 1.68. The van der Waals surface area contributed by atoms with Gasteiger partial charge in [0.1, 0.15) is 29.1 Å². The normalized spacial score (nSPS) is 21.9. The number of carbonyl (C=O) groups is 1. The van der Waals surface area contributed by atoms with E-state index in [0.29, 0.717) is 35.9 Å². The molecule has 2 atom stereocenters. The zero-order valence-corrected chi connectivity index (χ0v) is 14.7. The number of anilines is 1. The van der Waals surface area contributed by atoms with Gasteiger partial charge in [0.25, 0.3) is 5.91 Å². The Hall–Kier alpha value is -3.16. The van der Waals surface area contributed by atoms with E-state index in [0.717, 1.165) is 12.0 Å². The summed E-state index contributed by atoms with van der Waals surface area (Å²) in [6.07, 6.45) is 3.90. The van der Waals surface area contributed by atoms with E-state index in [1.807, 2.05) is 6.92 Å². The van der Waals surface area contributed by atoms with Gasteiger partial charge in [0.2, 0.25) is 0 Å². The summed E-state index contributed by atoms with van der Waals surface area (Å²) in [5.74, 6) is 0.783. The topological polar surface area (TPSA) is 71.8 Å². The molecule has 4 heterocycles.